The highest BCUT2D eigenvalue weighted by molar-refractivity contribution is 5.87. The zero-order chi connectivity index (χ0) is 14.5. The second-order valence-electron chi connectivity index (χ2n) is 4.54. The van der Waals surface area contributed by atoms with Gasteiger partial charge >= 0.3 is 12.0 Å². The molecule has 3 amide bonds. The fourth-order valence-corrected chi connectivity index (χ4v) is 1.03. The van der Waals surface area contributed by atoms with Gasteiger partial charge in [0.1, 0.15) is 6.04 Å². The molecule has 0 aromatic heterocycles. The summed E-state index contributed by atoms with van der Waals surface area (Å²) in [7, 11) is 1.41. The molecule has 0 radical (unpaired) electrons. The van der Waals surface area contributed by atoms with Gasteiger partial charge in [-0.05, 0) is 13.8 Å². The van der Waals surface area contributed by atoms with E-state index in [0.717, 1.165) is 4.90 Å². The number of likely N-dealkylation sites (N-methyl/N-ethyl adjacent to an activating group) is 1. The molecule has 0 aromatic carbocycles. The van der Waals surface area contributed by atoms with E-state index >= 15 is 0 Å². The minimum atomic E-state index is -1.38. The third-order valence-corrected chi connectivity index (χ3v) is 2.60. The summed E-state index contributed by atoms with van der Waals surface area (Å²) in [6.07, 6.45) is -0.492. The summed E-state index contributed by atoms with van der Waals surface area (Å²) < 4.78 is 0. The van der Waals surface area contributed by atoms with E-state index in [1.165, 1.54) is 7.05 Å². The Labute approximate surface area is 105 Å². The number of primary amides is 1. The molecule has 0 aliphatic carbocycles. The number of hydrogen-bond acceptors (Lipinski definition) is 4. The smallest absolute Gasteiger partial charge is 0.326 e. The third kappa shape index (κ3) is 4.58. The second kappa shape index (κ2) is 6.20. The number of nitrogens with one attached hydrogen (secondary N) is 1. The number of carbonyl (C=O) groups is 3. The Morgan fingerprint density at radius 1 is 1.39 bits per heavy atom. The molecule has 0 saturated heterocycles. The largest absolute Gasteiger partial charge is 0.480 e. The number of aliphatic carboxylic acids is 1. The predicted octanol–water partition coefficient (Wildman–Crippen LogP) is -1.27. The number of urea groups is 1. The van der Waals surface area contributed by atoms with Gasteiger partial charge in [-0.3, -0.25) is 4.79 Å². The predicted molar refractivity (Wildman–Crippen MR) is 62.7 cm³/mol. The highest BCUT2D eigenvalue weighted by Crippen LogP contribution is 2.11. The van der Waals surface area contributed by atoms with Gasteiger partial charge in [0.15, 0.2) is 0 Å². The van der Waals surface area contributed by atoms with Crippen molar-refractivity contribution in [2.24, 2.45) is 5.73 Å². The van der Waals surface area contributed by atoms with Crippen LogP contribution in [0.3, 0.4) is 0 Å². The lowest BCUT2D eigenvalue weighted by molar-refractivity contribution is -0.141. The molecule has 5 N–H and O–H groups in total. The number of amides is 3. The number of carboxylic acids is 1. The van der Waals surface area contributed by atoms with Gasteiger partial charge in [-0.1, -0.05) is 0 Å². The van der Waals surface area contributed by atoms with Gasteiger partial charge in [0.2, 0.25) is 5.91 Å². The Morgan fingerprint density at radius 3 is 2.22 bits per heavy atom. The first-order valence-corrected chi connectivity index (χ1v) is 5.28. The number of aliphatic hydroxyl groups is 1. The van der Waals surface area contributed by atoms with E-state index in [1.807, 2.05) is 0 Å². The van der Waals surface area contributed by atoms with Crippen molar-refractivity contribution >= 4 is 17.9 Å². The molecule has 0 rings (SSSR count). The molecule has 0 bridgehead atoms. The van der Waals surface area contributed by atoms with Gasteiger partial charge in [0.05, 0.1) is 18.6 Å². The number of nitrogens with zero attached hydrogens (tertiary/aromatic N) is 1. The molecular weight excluding hydrogens is 242 g/mol. The Kier molecular flexibility index (Phi) is 5.57. The number of carboxylic acid groups (broad SMARTS) is 1. The molecule has 0 saturated carbocycles. The van der Waals surface area contributed by atoms with Crippen molar-refractivity contribution in [1.82, 2.24) is 10.2 Å². The fourth-order valence-electron chi connectivity index (χ4n) is 1.03. The van der Waals surface area contributed by atoms with Crippen molar-refractivity contribution < 1.29 is 24.6 Å². The van der Waals surface area contributed by atoms with Crippen molar-refractivity contribution in [3.63, 3.8) is 0 Å². The van der Waals surface area contributed by atoms with Crippen LogP contribution in [0.2, 0.25) is 0 Å². The SMILES string of the molecule is CN(C(=O)NC(CC(N)=O)C(=O)O)C(C)(C)CO. The van der Waals surface area contributed by atoms with Gasteiger partial charge in [-0.25, -0.2) is 9.59 Å². The number of hydrogen-bond donors (Lipinski definition) is 4. The molecule has 8 nitrogen and oxygen atoms in total. The maximum atomic E-state index is 11.7. The minimum Gasteiger partial charge on any atom is -0.480 e. The summed E-state index contributed by atoms with van der Waals surface area (Å²) in [5.41, 5.74) is 4.04. The standard InChI is InChI=1S/C10H19N3O5/c1-10(2,5-14)13(3)9(18)12-6(8(16)17)4-7(11)15/h6,14H,4-5H2,1-3H3,(H2,11,15)(H,12,18)(H,16,17). The molecule has 104 valence electrons. The number of carbonyl (C=O) groups excluding carboxylic acids is 2. The monoisotopic (exact) mass is 261 g/mol. The molecule has 0 fully saturated rings. The van der Waals surface area contributed by atoms with Crippen LogP contribution in [0.15, 0.2) is 0 Å². The lowest BCUT2D eigenvalue weighted by Crippen LogP contribution is -2.55. The molecule has 0 heterocycles. The summed E-state index contributed by atoms with van der Waals surface area (Å²) >= 11 is 0. The quantitative estimate of drug-likeness (QED) is 0.473. The first kappa shape index (κ1) is 16.2. The van der Waals surface area contributed by atoms with Gasteiger partial charge in [-0.2, -0.15) is 0 Å². The lowest BCUT2D eigenvalue weighted by atomic mass is 10.1. The molecular formula is C10H19N3O5. The van der Waals surface area contributed by atoms with Gasteiger partial charge in [-0.15, -0.1) is 0 Å². The van der Waals surface area contributed by atoms with Crippen molar-refractivity contribution in [1.29, 1.82) is 0 Å². The van der Waals surface area contributed by atoms with Crippen LogP contribution in [0.25, 0.3) is 0 Å². The van der Waals surface area contributed by atoms with E-state index in [2.05, 4.69) is 5.32 Å². The van der Waals surface area contributed by atoms with Crippen LogP contribution in [0.4, 0.5) is 4.79 Å². The maximum absolute atomic E-state index is 11.7. The van der Waals surface area contributed by atoms with E-state index in [1.54, 1.807) is 13.8 Å². The Hall–Kier alpha value is -1.83. The van der Waals surface area contributed by atoms with E-state index in [0.29, 0.717) is 0 Å². The van der Waals surface area contributed by atoms with E-state index in [9.17, 15) is 14.4 Å². The molecule has 8 heteroatoms. The zero-order valence-corrected chi connectivity index (χ0v) is 10.6. The topological polar surface area (TPSA) is 133 Å². The lowest BCUT2D eigenvalue weighted by Gasteiger charge is -2.34. The van der Waals surface area contributed by atoms with Gasteiger partial charge < -0.3 is 26.2 Å². The van der Waals surface area contributed by atoms with Crippen LogP contribution in [0.1, 0.15) is 20.3 Å². The van der Waals surface area contributed by atoms with E-state index < -0.39 is 35.9 Å². The molecule has 18 heavy (non-hydrogen) atoms. The van der Waals surface area contributed by atoms with Crippen molar-refractivity contribution in [3.8, 4) is 0 Å². The molecule has 0 aromatic rings. The van der Waals surface area contributed by atoms with Crippen LogP contribution >= 0.6 is 0 Å². The van der Waals surface area contributed by atoms with Crippen LogP contribution in [-0.4, -0.2) is 58.3 Å². The van der Waals surface area contributed by atoms with Crippen LogP contribution in [0, 0.1) is 0 Å². The molecule has 0 aliphatic rings. The van der Waals surface area contributed by atoms with Crippen molar-refractivity contribution in [2.45, 2.75) is 31.8 Å². The average Bonchev–Trinajstić information content (AvgIpc) is 2.26. The highest BCUT2D eigenvalue weighted by atomic mass is 16.4. The first-order chi connectivity index (χ1) is 8.11. The first-order valence-electron chi connectivity index (χ1n) is 5.28. The van der Waals surface area contributed by atoms with Crippen LogP contribution < -0.4 is 11.1 Å². The molecule has 0 spiro atoms. The number of rotatable bonds is 6. The highest BCUT2D eigenvalue weighted by Gasteiger charge is 2.30. The van der Waals surface area contributed by atoms with Gasteiger partial charge in [0.25, 0.3) is 0 Å². The summed E-state index contributed by atoms with van der Waals surface area (Å²) in [6.45, 7) is 2.93. The minimum absolute atomic E-state index is 0.287. The van der Waals surface area contributed by atoms with Crippen molar-refractivity contribution in [3.05, 3.63) is 0 Å². The average molecular weight is 261 g/mol. The number of aliphatic hydroxyl groups excluding tert-OH is 1. The second-order valence-corrected chi connectivity index (χ2v) is 4.54. The zero-order valence-electron chi connectivity index (χ0n) is 10.6. The van der Waals surface area contributed by atoms with E-state index in [-0.39, 0.29) is 6.61 Å². The Balaban J connectivity index is 4.70. The van der Waals surface area contributed by atoms with Crippen LogP contribution in [-0.2, 0) is 9.59 Å². The summed E-state index contributed by atoms with van der Waals surface area (Å²) in [4.78, 5) is 34.4. The third-order valence-electron chi connectivity index (χ3n) is 2.60. The Bertz CT molecular complexity index is 342. The van der Waals surface area contributed by atoms with Crippen molar-refractivity contribution in [2.75, 3.05) is 13.7 Å². The normalized spacial score (nSPS) is 12.7. The maximum Gasteiger partial charge on any atom is 0.326 e. The fraction of sp³-hybridized carbons (Fsp3) is 0.700. The molecule has 0 aliphatic heterocycles. The summed E-state index contributed by atoms with van der Waals surface area (Å²) in [5, 5.41) is 20.1. The summed E-state index contributed by atoms with van der Waals surface area (Å²) in [5.74, 6) is -2.18. The summed E-state index contributed by atoms with van der Waals surface area (Å²) in [6, 6.07) is -2.09. The Morgan fingerprint density at radius 2 is 1.89 bits per heavy atom. The van der Waals surface area contributed by atoms with Crippen LogP contribution in [0.5, 0.6) is 0 Å². The number of nitrogens with two attached hydrogens (primary N) is 1. The van der Waals surface area contributed by atoms with Gasteiger partial charge in [0, 0.05) is 7.05 Å². The molecule has 1 atom stereocenters. The van der Waals surface area contributed by atoms with E-state index in [4.69, 9.17) is 15.9 Å². The molecule has 1 unspecified atom stereocenters.